The number of halogens is 1. The van der Waals surface area contributed by atoms with E-state index in [9.17, 15) is 0 Å². The average molecular weight is 369 g/mol. The standard InChI is InChI=1S/C20H32N2O2.ClH/c1-23-14-17-5-2-7-19(11-17)24-16-20(8-4-9-20)15-22-10-3-6-18(12-21)13-22;/h2,5,7,11,18H,3-4,6,8-10,12-16,21H2,1H3;1H. The van der Waals surface area contributed by atoms with Gasteiger partial charge in [0.2, 0.25) is 0 Å². The maximum Gasteiger partial charge on any atom is 0.119 e. The fourth-order valence-corrected chi connectivity index (χ4v) is 4.11. The summed E-state index contributed by atoms with van der Waals surface area (Å²) in [5, 5.41) is 0. The van der Waals surface area contributed by atoms with Crippen molar-refractivity contribution in [2.45, 2.75) is 38.7 Å². The van der Waals surface area contributed by atoms with Crippen LogP contribution in [0, 0.1) is 11.3 Å². The van der Waals surface area contributed by atoms with Crippen LogP contribution >= 0.6 is 12.4 Å². The van der Waals surface area contributed by atoms with E-state index >= 15 is 0 Å². The molecular formula is C20H33ClN2O2. The third-order valence-corrected chi connectivity index (χ3v) is 5.66. The third kappa shape index (κ3) is 5.58. The molecule has 25 heavy (non-hydrogen) atoms. The zero-order chi connectivity index (χ0) is 16.8. The summed E-state index contributed by atoms with van der Waals surface area (Å²) < 4.78 is 11.4. The Morgan fingerprint density at radius 2 is 2.12 bits per heavy atom. The van der Waals surface area contributed by atoms with Gasteiger partial charge in [-0.3, -0.25) is 0 Å². The van der Waals surface area contributed by atoms with E-state index in [0.29, 0.717) is 17.9 Å². The number of methoxy groups -OCH3 is 1. The van der Waals surface area contributed by atoms with Crippen molar-refractivity contribution in [3.8, 4) is 5.75 Å². The van der Waals surface area contributed by atoms with E-state index in [4.69, 9.17) is 15.2 Å². The molecule has 0 aromatic heterocycles. The summed E-state index contributed by atoms with van der Waals surface area (Å²) in [4.78, 5) is 2.63. The minimum absolute atomic E-state index is 0. The molecule has 1 aromatic carbocycles. The molecule has 0 amide bonds. The van der Waals surface area contributed by atoms with Crippen LogP contribution in [0.3, 0.4) is 0 Å². The first kappa shape index (κ1) is 20.5. The highest BCUT2D eigenvalue weighted by Crippen LogP contribution is 2.42. The number of benzene rings is 1. The predicted molar refractivity (Wildman–Crippen MR) is 104 cm³/mol. The van der Waals surface area contributed by atoms with Crippen molar-refractivity contribution in [3.05, 3.63) is 29.8 Å². The van der Waals surface area contributed by atoms with Gasteiger partial charge in [-0.25, -0.2) is 0 Å². The molecule has 1 heterocycles. The van der Waals surface area contributed by atoms with Crippen molar-refractivity contribution in [2.75, 3.05) is 39.9 Å². The minimum atomic E-state index is 0. The van der Waals surface area contributed by atoms with Crippen LogP contribution in [0.2, 0.25) is 0 Å². The molecule has 142 valence electrons. The highest BCUT2D eigenvalue weighted by atomic mass is 35.5. The molecule has 1 aromatic rings. The molecule has 1 saturated heterocycles. The Kier molecular flexibility index (Phi) is 8.01. The number of hydrogen-bond acceptors (Lipinski definition) is 4. The number of nitrogens with two attached hydrogens (primary N) is 1. The summed E-state index contributed by atoms with van der Waals surface area (Å²) in [6.45, 7) is 5.85. The van der Waals surface area contributed by atoms with Gasteiger partial charge >= 0.3 is 0 Å². The Balaban J connectivity index is 0.00000225. The molecule has 2 N–H and O–H groups in total. The van der Waals surface area contributed by atoms with Crippen molar-refractivity contribution in [3.63, 3.8) is 0 Å². The number of likely N-dealkylation sites (tertiary alicyclic amines) is 1. The summed E-state index contributed by atoms with van der Waals surface area (Å²) in [7, 11) is 1.73. The summed E-state index contributed by atoms with van der Waals surface area (Å²) in [5.74, 6) is 1.65. The van der Waals surface area contributed by atoms with Crippen LogP contribution in [0.4, 0.5) is 0 Å². The van der Waals surface area contributed by atoms with E-state index in [1.54, 1.807) is 7.11 Å². The Morgan fingerprint density at radius 1 is 1.28 bits per heavy atom. The van der Waals surface area contributed by atoms with Crippen LogP contribution in [-0.4, -0.2) is 44.8 Å². The van der Waals surface area contributed by atoms with E-state index in [2.05, 4.69) is 23.1 Å². The maximum atomic E-state index is 6.19. The monoisotopic (exact) mass is 368 g/mol. The molecule has 1 unspecified atom stereocenters. The van der Waals surface area contributed by atoms with Crippen molar-refractivity contribution in [1.29, 1.82) is 0 Å². The van der Waals surface area contributed by atoms with Crippen molar-refractivity contribution >= 4 is 12.4 Å². The highest BCUT2D eigenvalue weighted by molar-refractivity contribution is 5.85. The van der Waals surface area contributed by atoms with Gasteiger partial charge in [0.1, 0.15) is 5.75 Å². The molecule has 0 radical (unpaired) electrons. The largest absolute Gasteiger partial charge is 0.493 e. The van der Waals surface area contributed by atoms with Gasteiger partial charge in [-0.1, -0.05) is 18.6 Å². The Morgan fingerprint density at radius 3 is 2.80 bits per heavy atom. The molecule has 1 aliphatic carbocycles. The molecule has 4 nitrogen and oxygen atoms in total. The molecule has 2 fully saturated rings. The second-order valence-electron chi connectivity index (χ2n) is 7.70. The SMILES string of the molecule is COCc1cccc(OCC2(CN3CCCC(CN)C3)CCC2)c1.Cl. The summed E-state index contributed by atoms with van der Waals surface area (Å²) >= 11 is 0. The topological polar surface area (TPSA) is 47.7 Å². The van der Waals surface area contributed by atoms with Crippen molar-refractivity contribution < 1.29 is 9.47 Å². The maximum absolute atomic E-state index is 6.19. The van der Waals surface area contributed by atoms with Gasteiger partial charge in [0.15, 0.2) is 0 Å². The zero-order valence-corrected chi connectivity index (χ0v) is 16.2. The normalized spacial score (nSPS) is 22.7. The fraction of sp³-hybridized carbons (Fsp3) is 0.700. The number of hydrogen-bond donors (Lipinski definition) is 1. The molecule has 1 atom stereocenters. The van der Waals surface area contributed by atoms with Gasteiger partial charge < -0.3 is 20.1 Å². The Bertz CT molecular complexity index is 522. The number of nitrogens with zero attached hydrogens (tertiary/aromatic N) is 1. The van der Waals surface area contributed by atoms with Crippen LogP contribution in [0.5, 0.6) is 5.75 Å². The predicted octanol–water partition coefficient (Wildman–Crippen LogP) is 3.47. The number of piperidine rings is 1. The molecule has 3 rings (SSSR count). The zero-order valence-electron chi connectivity index (χ0n) is 15.4. The molecule has 5 heteroatoms. The molecular weight excluding hydrogens is 336 g/mol. The second-order valence-corrected chi connectivity index (χ2v) is 7.70. The lowest BCUT2D eigenvalue weighted by Crippen LogP contribution is -2.49. The summed E-state index contributed by atoms with van der Waals surface area (Å²) in [6.07, 6.45) is 6.49. The van der Waals surface area contributed by atoms with Gasteiger partial charge in [0, 0.05) is 25.6 Å². The lowest BCUT2D eigenvalue weighted by atomic mass is 9.68. The molecule has 1 aliphatic heterocycles. The summed E-state index contributed by atoms with van der Waals surface area (Å²) in [5.41, 5.74) is 7.39. The van der Waals surface area contributed by atoms with Gasteiger partial charge in [-0.2, -0.15) is 0 Å². The highest BCUT2D eigenvalue weighted by Gasteiger charge is 2.40. The first-order chi connectivity index (χ1) is 11.7. The third-order valence-electron chi connectivity index (χ3n) is 5.66. The lowest BCUT2D eigenvalue weighted by Gasteiger charge is -2.46. The molecule has 0 spiro atoms. The molecule has 2 aliphatic rings. The van der Waals surface area contributed by atoms with Gasteiger partial charge in [0.25, 0.3) is 0 Å². The number of rotatable bonds is 8. The molecule has 1 saturated carbocycles. The van der Waals surface area contributed by atoms with Crippen LogP contribution in [0.25, 0.3) is 0 Å². The second kappa shape index (κ2) is 9.77. The summed E-state index contributed by atoms with van der Waals surface area (Å²) in [6, 6.07) is 8.28. The van der Waals surface area contributed by atoms with Crippen molar-refractivity contribution in [2.24, 2.45) is 17.1 Å². The lowest BCUT2D eigenvalue weighted by molar-refractivity contribution is 0.00559. The molecule has 0 bridgehead atoms. The van der Waals surface area contributed by atoms with E-state index < -0.39 is 0 Å². The van der Waals surface area contributed by atoms with Crippen LogP contribution in [-0.2, 0) is 11.3 Å². The van der Waals surface area contributed by atoms with E-state index in [1.807, 2.05) is 6.07 Å². The number of ether oxygens (including phenoxy) is 2. The fourth-order valence-electron chi connectivity index (χ4n) is 4.11. The quantitative estimate of drug-likeness (QED) is 0.763. The first-order valence-corrected chi connectivity index (χ1v) is 9.36. The van der Waals surface area contributed by atoms with E-state index in [1.165, 1.54) is 57.3 Å². The Hall–Kier alpha value is -0.810. The van der Waals surface area contributed by atoms with Gasteiger partial charge in [-0.05, 0) is 62.4 Å². The first-order valence-electron chi connectivity index (χ1n) is 9.36. The van der Waals surface area contributed by atoms with Gasteiger partial charge in [-0.15, -0.1) is 12.4 Å². The average Bonchev–Trinajstić information content (AvgIpc) is 2.58. The smallest absolute Gasteiger partial charge is 0.119 e. The minimum Gasteiger partial charge on any atom is -0.493 e. The van der Waals surface area contributed by atoms with Crippen LogP contribution in [0.15, 0.2) is 24.3 Å². The van der Waals surface area contributed by atoms with E-state index in [-0.39, 0.29) is 12.4 Å². The van der Waals surface area contributed by atoms with Gasteiger partial charge in [0.05, 0.1) is 13.2 Å². The van der Waals surface area contributed by atoms with Crippen LogP contribution < -0.4 is 10.5 Å². The van der Waals surface area contributed by atoms with Crippen LogP contribution in [0.1, 0.15) is 37.7 Å². The Labute approximate surface area is 158 Å². The van der Waals surface area contributed by atoms with E-state index in [0.717, 1.165) is 18.9 Å². The van der Waals surface area contributed by atoms with Crippen molar-refractivity contribution in [1.82, 2.24) is 4.90 Å².